The first kappa shape index (κ1) is 12.9. The molecule has 1 aromatic carbocycles. The second-order valence-electron chi connectivity index (χ2n) is 5.36. The van der Waals surface area contributed by atoms with Gasteiger partial charge in [-0.2, -0.15) is 0 Å². The minimum absolute atomic E-state index is 0.494. The highest BCUT2D eigenvalue weighted by Gasteiger charge is 2.31. The molecule has 1 fully saturated rings. The van der Waals surface area contributed by atoms with E-state index in [1.54, 1.807) is 0 Å². The molecule has 0 bridgehead atoms. The maximum Gasteiger partial charge on any atom is 0.113 e. The van der Waals surface area contributed by atoms with Crippen LogP contribution in [0.15, 0.2) is 18.2 Å². The molecule has 1 aliphatic carbocycles. The molecular weight excluding hydrogens is 258 g/mol. The third-order valence-electron chi connectivity index (χ3n) is 4.36. The molecule has 4 heteroatoms. The van der Waals surface area contributed by atoms with E-state index in [9.17, 15) is 0 Å². The molecule has 2 N–H and O–H groups in total. The van der Waals surface area contributed by atoms with Crippen molar-refractivity contribution in [2.45, 2.75) is 38.6 Å². The number of aryl methyl sites for hydroxylation is 1. The topological polar surface area (TPSA) is 43.8 Å². The van der Waals surface area contributed by atoms with Crippen molar-refractivity contribution in [2.75, 3.05) is 6.54 Å². The highest BCUT2D eigenvalue weighted by Crippen LogP contribution is 2.40. The zero-order chi connectivity index (χ0) is 13.4. The lowest BCUT2D eigenvalue weighted by molar-refractivity contribution is 0.463. The summed E-state index contributed by atoms with van der Waals surface area (Å²) in [5.74, 6) is 2.24. The quantitative estimate of drug-likeness (QED) is 0.932. The molecule has 1 aromatic heterocycles. The van der Waals surface area contributed by atoms with E-state index in [2.05, 4.69) is 11.5 Å². The number of aromatic nitrogens is 2. The van der Waals surface area contributed by atoms with Gasteiger partial charge in [0.05, 0.1) is 16.1 Å². The number of rotatable bonds is 3. The third kappa shape index (κ3) is 2.05. The number of hydrogen-bond acceptors (Lipinski definition) is 2. The molecule has 0 amide bonds. The number of fused-ring (bicyclic) bond motifs is 1. The minimum atomic E-state index is 0.494. The van der Waals surface area contributed by atoms with Crippen molar-refractivity contribution in [3.8, 4) is 0 Å². The Hall–Kier alpha value is -1.06. The van der Waals surface area contributed by atoms with Gasteiger partial charge < -0.3 is 10.3 Å². The van der Waals surface area contributed by atoms with Crippen LogP contribution < -0.4 is 5.73 Å². The molecule has 1 saturated carbocycles. The van der Waals surface area contributed by atoms with Gasteiger partial charge in [-0.1, -0.05) is 24.1 Å². The molecule has 0 radical (unpaired) electrons. The van der Waals surface area contributed by atoms with Crippen LogP contribution in [0.25, 0.3) is 11.0 Å². The predicted octanol–water partition coefficient (Wildman–Crippen LogP) is 3.55. The van der Waals surface area contributed by atoms with E-state index in [0.717, 1.165) is 29.1 Å². The zero-order valence-electron chi connectivity index (χ0n) is 11.3. The summed E-state index contributed by atoms with van der Waals surface area (Å²) in [7, 11) is 0. The molecule has 0 saturated heterocycles. The first-order valence-electron chi connectivity index (χ1n) is 7.11. The van der Waals surface area contributed by atoms with Crippen LogP contribution in [-0.2, 0) is 6.54 Å². The second-order valence-corrected chi connectivity index (χ2v) is 5.76. The summed E-state index contributed by atoms with van der Waals surface area (Å²) in [6, 6.07) is 5.95. The SMILES string of the molecule is CCn1c(C2CCCC2CN)nc2cccc(Cl)c21. The van der Waals surface area contributed by atoms with E-state index >= 15 is 0 Å². The summed E-state index contributed by atoms with van der Waals surface area (Å²) in [6.45, 7) is 3.81. The van der Waals surface area contributed by atoms with Gasteiger partial charge in [0.15, 0.2) is 0 Å². The number of nitrogens with two attached hydrogens (primary N) is 1. The summed E-state index contributed by atoms with van der Waals surface area (Å²) in [6.07, 6.45) is 3.68. The van der Waals surface area contributed by atoms with Gasteiger partial charge in [-0.15, -0.1) is 0 Å². The van der Waals surface area contributed by atoms with E-state index in [1.165, 1.54) is 25.1 Å². The smallest absolute Gasteiger partial charge is 0.113 e. The van der Waals surface area contributed by atoms with Crippen molar-refractivity contribution < 1.29 is 0 Å². The second kappa shape index (κ2) is 5.14. The lowest BCUT2D eigenvalue weighted by Crippen LogP contribution is -2.20. The molecule has 19 heavy (non-hydrogen) atoms. The van der Waals surface area contributed by atoms with Crippen LogP contribution >= 0.6 is 11.6 Å². The van der Waals surface area contributed by atoms with Gasteiger partial charge in [-0.3, -0.25) is 0 Å². The Morgan fingerprint density at radius 3 is 3.00 bits per heavy atom. The summed E-state index contributed by atoms with van der Waals surface area (Å²) < 4.78 is 2.27. The first-order valence-corrected chi connectivity index (χ1v) is 7.48. The molecule has 2 unspecified atom stereocenters. The molecular formula is C15H20ClN3. The van der Waals surface area contributed by atoms with Gasteiger partial charge in [0.1, 0.15) is 5.82 Å². The predicted molar refractivity (Wildman–Crippen MR) is 79.6 cm³/mol. The lowest BCUT2D eigenvalue weighted by atomic mass is 9.95. The molecule has 3 nitrogen and oxygen atoms in total. The molecule has 3 rings (SSSR count). The van der Waals surface area contributed by atoms with E-state index < -0.39 is 0 Å². The molecule has 1 aliphatic rings. The Balaban J connectivity index is 2.16. The van der Waals surface area contributed by atoms with Crippen molar-refractivity contribution in [1.82, 2.24) is 9.55 Å². The maximum atomic E-state index is 6.35. The molecule has 2 atom stereocenters. The Morgan fingerprint density at radius 1 is 1.42 bits per heavy atom. The average Bonchev–Trinajstić information content (AvgIpc) is 3.02. The van der Waals surface area contributed by atoms with Crippen LogP contribution in [0.1, 0.15) is 37.9 Å². The average molecular weight is 278 g/mol. The number of halogens is 1. The fourth-order valence-corrected chi connectivity index (χ4v) is 3.69. The number of para-hydroxylation sites is 1. The van der Waals surface area contributed by atoms with Crippen LogP contribution in [0.5, 0.6) is 0 Å². The highest BCUT2D eigenvalue weighted by atomic mass is 35.5. The van der Waals surface area contributed by atoms with Gasteiger partial charge in [0.25, 0.3) is 0 Å². The van der Waals surface area contributed by atoms with Crippen LogP contribution in [0.3, 0.4) is 0 Å². The largest absolute Gasteiger partial charge is 0.330 e. The van der Waals surface area contributed by atoms with Gasteiger partial charge in [-0.05, 0) is 44.4 Å². The standard InChI is InChI=1S/C15H20ClN3/c1-2-19-14-12(16)7-4-8-13(14)18-15(19)11-6-3-5-10(11)9-17/h4,7-8,10-11H,2-3,5-6,9,17H2,1H3. The van der Waals surface area contributed by atoms with Crippen molar-refractivity contribution in [1.29, 1.82) is 0 Å². The maximum absolute atomic E-state index is 6.35. The van der Waals surface area contributed by atoms with E-state index in [0.29, 0.717) is 11.8 Å². The van der Waals surface area contributed by atoms with E-state index in [4.69, 9.17) is 22.3 Å². The Kier molecular flexibility index (Phi) is 3.50. The van der Waals surface area contributed by atoms with E-state index in [-0.39, 0.29) is 0 Å². The Bertz CT molecular complexity index is 590. The Labute approximate surface area is 118 Å². The fraction of sp³-hybridized carbons (Fsp3) is 0.533. The zero-order valence-corrected chi connectivity index (χ0v) is 12.0. The number of hydrogen-bond donors (Lipinski definition) is 1. The third-order valence-corrected chi connectivity index (χ3v) is 4.66. The summed E-state index contributed by atoms with van der Waals surface area (Å²) >= 11 is 6.35. The van der Waals surface area contributed by atoms with Crippen molar-refractivity contribution in [2.24, 2.45) is 11.7 Å². The van der Waals surface area contributed by atoms with Crippen molar-refractivity contribution in [3.63, 3.8) is 0 Å². The summed E-state index contributed by atoms with van der Waals surface area (Å²) in [5, 5.41) is 0.792. The fourth-order valence-electron chi connectivity index (χ4n) is 3.42. The molecule has 2 aromatic rings. The molecule has 0 aliphatic heterocycles. The van der Waals surface area contributed by atoms with Crippen LogP contribution in [-0.4, -0.2) is 16.1 Å². The van der Waals surface area contributed by atoms with Gasteiger partial charge in [0.2, 0.25) is 0 Å². The highest BCUT2D eigenvalue weighted by molar-refractivity contribution is 6.35. The molecule has 1 heterocycles. The summed E-state index contributed by atoms with van der Waals surface area (Å²) in [4.78, 5) is 4.85. The number of benzene rings is 1. The normalized spacial score (nSPS) is 23.3. The molecule has 0 spiro atoms. The van der Waals surface area contributed by atoms with Gasteiger partial charge in [0, 0.05) is 12.5 Å². The van der Waals surface area contributed by atoms with Crippen molar-refractivity contribution >= 4 is 22.6 Å². The van der Waals surface area contributed by atoms with Crippen LogP contribution in [0.4, 0.5) is 0 Å². The van der Waals surface area contributed by atoms with E-state index in [1.807, 2.05) is 18.2 Å². The van der Waals surface area contributed by atoms with Crippen molar-refractivity contribution in [3.05, 3.63) is 29.0 Å². The minimum Gasteiger partial charge on any atom is -0.330 e. The van der Waals surface area contributed by atoms with Gasteiger partial charge in [-0.25, -0.2) is 4.98 Å². The summed E-state index contributed by atoms with van der Waals surface area (Å²) in [5.41, 5.74) is 7.99. The first-order chi connectivity index (χ1) is 9.26. The monoisotopic (exact) mass is 277 g/mol. The molecule has 102 valence electrons. The lowest BCUT2D eigenvalue weighted by Gasteiger charge is -2.18. The van der Waals surface area contributed by atoms with Crippen LogP contribution in [0.2, 0.25) is 5.02 Å². The number of nitrogens with zero attached hydrogens (tertiary/aromatic N) is 2. The van der Waals surface area contributed by atoms with Gasteiger partial charge >= 0.3 is 0 Å². The number of imidazole rings is 1. The van der Waals surface area contributed by atoms with Crippen LogP contribution in [0, 0.1) is 5.92 Å². The Morgan fingerprint density at radius 2 is 2.26 bits per heavy atom.